The highest BCUT2D eigenvalue weighted by Gasteiger charge is 2.21. The summed E-state index contributed by atoms with van der Waals surface area (Å²) in [5.41, 5.74) is 9.19. The number of imidazole rings is 1. The van der Waals surface area contributed by atoms with E-state index in [1.165, 1.54) is 32.4 Å². The van der Waals surface area contributed by atoms with Gasteiger partial charge in [0.05, 0.1) is 11.0 Å². The van der Waals surface area contributed by atoms with Crippen LogP contribution in [0.1, 0.15) is 74.1 Å². The van der Waals surface area contributed by atoms with Crippen LogP contribution in [0.15, 0.2) is 42.5 Å². The molecule has 2 heterocycles. The Morgan fingerprint density at radius 3 is 2.18 bits per heavy atom. The molecule has 2 amide bonds. The maximum Gasteiger partial charge on any atom is 0.253 e. The minimum atomic E-state index is -0.451. The van der Waals surface area contributed by atoms with E-state index < -0.39 is 5.91 Å². The van der Waals surface area contributed by atoms with Gasteiger partial charge in [-0.3, -0.25) is 9.59 Å². The average Bonchev–Trinajstić information content (AvgIpc) is 3.24. The Balaban J connectivity index is 1.63. The molecule has 0 spiro atoms. The molecule has 0 unspecified atom stereocenters. The van der Waals surface area contributed by atoms with E-state index in [1.807, 2.05) is 35.2 Å². The summed E-state index contributed by atoms with van der Waals surface area (Å²) in [6.07, 6.45) is 4.87. The zero-order valence-corrected chi connectivity index (χ0v) is 23.9. The summed E-state index contributed by atoms with van der Waals surface area (Å²) in [5, 5.41) is 3.43. The van der Waals surface area contributed by atoms with Crippen molar-refractivity contribution in [1.29, 1.82) is 0 Å². The topological polar surface area (TPSA) is 96.5 Å². The van der Waals surface area contributed by atoms with Crippen molar-refractivity contribution in [1.82, 2.24) is 19.4 Å². The summed E-state index contributed by atoms with van der Waals surface area (Å²) in [4.78, 5) is 34.5. The number of rotatable bonds is 12. The number of likely N-dealkylation sites (tertiary alicyclic amines) is 1. The predicted octanol–water partition coefficient (Wildman–Crippen LogP) is 5.51. The lowest BCUT2D eigenvalue weighted by atomic mass is 10.1. The standard InChI is InChI=1S/C31H44N6O2/c1-22(2)20-36(21-23(3)4)30(39)25-11-14-27-28(19-25)37(18-8-17-35-15-6-5-7-16-35)31(34-27)33-26-12-9-24(10-13-26)29(32)38/h9-14,19,22-23H,5-8,15-18,20-21H2,1-4H3,(H2,32,38)(H,33,34). The van der Waals surface area contributed by atoms with Crippen LogP contribution in [0.5, 0.6) is 0 Å². The number of piperidine rings is 1. The molecule has 0 bridgehead atoms. The first kappa shape index (κ1) is 28.6. The van der Waals surface area contributed by atoms with Crippen LogP contribution in [0.3, 0.4) is 0 Å². The van der Waals surface area contributed by atoms with Crippen LogP contribution in [-0.2, 0) is 6.54 Å². The molecule has 8 heteroatoms. The Kier molecular flexibility index (Phi) is 9.62. The Labute approximate surface area is 232 Å². The van der Waals surface area contributed by atoms with Gasteiger partial charge in [0, 0.05) is 36.4 Å². The highest BCUT2D eigenvalue weighted by Crippen LogP contribution is 2.26. The van der Waals surface area contributed by atoms with E-state index in [0.717, 1.165) is 55.3 Å². The second kappa shape index (κ2) is 13.1. The van der Waals surface area contributed by atoms with Gasteiger partial charge in [0.15, 0.2) is 0 Å². The van der Waals surface area contributed by atoms with E-state index in [2.05, 4.69) is 42.5 Å². The van der Waals surface area contributed by atoms with Crippen LogP contribution >= 0.6 is 0 Å². The zero-order valence-electron chi connectivity index (χ0n) is 23.9. The van der Waals surface area contributed by atoms with Gasteiger partial charge in [0.1, 0.15) is 0 Å². The molecule has 0 aliphatic carbocycles. The number of hydrogen-bond donors (Lipinski definition) is 2. The lowest BCUT2D eigenvalue weighted by Gasteiger charge is -2.27. The van der Waals surface area contributed by atoms with Gasteiger partial charge < -0.3 is 25.4 Å². The molecule has 3 N–H and O–H groups in total. The van der Waals surface area contributed by atoms with Gasteiger partial charge in [-0.25, -0.2) is 4.98 Å². The molecule has 1 aliphatic rings. The van der Waals surface area contributed by atoms with Gasteiger partial charge in [0.2, 0.25) is 11.9 Å². The fraction of sp³-hybridized carbons (Fsp3) is 0.516. The first-order valence-electron chi connectivity index (χ1n) is 14.4. The smallest absolute Gasteiger partial charge is 0.253 e. The summed E-state index contributed by atoms with van der Waals surface area (Å²) in [7, 11) is 0. The van der Waals surface area contributed by atoms with Gasteiger partial charge >= 0.3 is 0 Å². The van der Waals surface area contributed by atoms with Gasteiger partial charge in [-0.2, -0.15) is 0 Å². The third-order valence-corrected chi connectivity index (χ3v) is 7.18. The van der Waals surface area contributed by atoms with Crippen molar-refractivity contribution in [2.45, 2.75) is 59.9 Å². The number of amides is 2. The minimum Gasteiger partial charge on any atom is -0.366 e. The molecule has 1 aromatic heterocycles. The number of hydrogen-bond acceptors (Lipinski definition) is 5. The Hall–Kier alpha value is -3.39. The van der Waals surface area contributed by atoms with Crippen molar-refractivity contribution in [2.75, 3.05) is 38.0 Å². The molecular weight excluding hydrogens is 488 g/mol. The van der Waals surface area contributed by atoms with Gasteiger partial charge in [-0.1, -0.05) is 34.1 Å². The molecule has 0 saturated carbocycles. The number of carbonyl (C=O) groups is 2. The van der Waals surface area contributed by atoms with E-state index >= 15 is 0 Å². The number of carbonyl (C=O) groups excluding carboxylic acids is 2. The normalized spacial score (nSPS) is 14.3. The number of anilines is 2. The highest BCUT2D eigenvalue weighted by molar-refractivity contribution is 5.98. The molecular formula is C31H44N6O2. The maximum absolute atomic E-state index is 13.6. The number of aryl methyl sites for hydroxylation is 1. The lowest BCUT2D eigenvalue weighted by Crippen LogP contribution is -2.37. The fourth-order valence-electron chi connectivity index (χ4n) is 5.36. The number of fused-ring (bicyclic) bond motifs is 1. The van der Waals surface area contributed by atoms with E-state index in [0.29, 0.717) is 23.0 Å². The number of nitrogens with zero attached hydrogens (tertiary/aromatic N) is 4. The summed E-state index contributed by atoms with van der Waals surface area (Å²) in [6, 6.07) is 12.9. The Morgan fingerprint density at radius 1 is 0.923 bits per heavy atom. The molecule has 1 aliphatic heterocycles. The van der Waals surface area contributed by atoms with Crippen LogP contribution in [0, 0.1) is 11.8 Å². The fourth-order valence-corrected chi connectivity index (χ4v) is 5.36. The zero-order chi connectivity index (χ0) is 27.9. The van der Waals surface area contributed by atoms with Crippen molar-refractivity contribution < 1.29 is 9.59 Å². The van der Waals surface area contributed by atoms with Crippen molar-refractivity contribution in [2.24, 2.45) is 17.6 Å². The van der Waals surface area contributed by atoms with E-state index in [-0.39, 0.29) is 5.91 Å². The summed E-state index contributed by atoms with van der Waals surface area (Å²) in [5.74, 6) is 1.13. The van der Waals surface area contributed by atoms with Crippen molar-refractivity contribution in [3.05, 3.63) is 53.6 Å². The van der Waals surface area contributed by atoms with Crippen molar-refractivity contribution in [3.63, 3.8) is 0 Å². The average molecular weight is 533 g/mol. The quantitative estimate of drug-likeness (QED) is 0.321. The van der Waals surface area contributed by atoms with Crippen LogP contribution in [-0.4, -0.2) is 63.9 Å². The number of aromatic nitrogens is 2. The summed E-state index contributed by atoms with van der Waals surface area (Å²) >= 11 is 0. The molecule has 4 rings (SSSR count). The Bertz CT molecular complexity index is 1250. The SMILES string of the molecule is CC(C)CN(CC(C)C)C(=O)c1ccc2nc(Nc3ccc(C(N)=O)cc3)n(CCCN3CCCCC3)c2c1. The molecule has 3 aromatic rings. The molecule has 1 saturated heterocycles. The second-order valence-electron chi connectivity index (χ2n) is 11.6. The third kappa shape index (κ3) is 7.60. The van der Waals surface area contributed by atoms with Crippen molar-refractivity contribution in [3.8, 4) is 0 Å². The Morgan fingerprint density at radius 2 is 1.56 bits per heavy atom. The van der Waals surface area contributed by atoms with E-state index in [4.69, 9.17) is 10.7 Å². The maximum atomic E-state index is 13.6. The van der Waals surface area contributed by atoms with Gasteiger partial charge in [-0.05, 0) is 93.2 Å². The third-order valence-electron chi connectivity index (χ3n) is 7.18. The van der Waals surface area contributed by atoms with Gasteiger partial charge in [-0.15, -0.1) is 0 Å². The largest absolute Gasteiger partial charge is 0.366 e. The minimum absolute atomic E-state index is 0.0666. The first-order chi connectivity index (χ1) is 18.7. The molecule has 210 valence electrons. The lowest BCUT2D eigenvalue weighted by molar-refractivity contribution is 0.0715. The summed E-state index contributed by atoms with van der Waals surface area (Å²) < 4.78 is 2.19. The van der Waals surface area contributed by atoms with Crippen molar-refractivity contribution >= 4 is 34.5 Å². The molecule has 0 atom stereocenters. The molecule has 39 heavy (non-hydrogen) atoms. The predicted molar refractivity (Wildman–Crippen MR) is 158 cm³/mol. The van der Waals surface area contributed by atoms with E-state index in [9.17, 15) is 9.59 Å². The molecule has 2 aromatic carbocycles. The molecule has 0 radical (unpaired) electrons. The summed E-state index contributed by atoms with van der Waals surface area (Å²) in [6.45, 7) is 14.2. The van der Waals surface area contributed by atoms with Gasteiger partial charge in [0.25, 0.3) is 5.91 Å². The highest BCUT2D eigenvalue weighted by atomic mass is 16.2. The number of benzene rings is 2. The number of nitrogens with two attached hydrogens (primary N) is 1. The first-order valence-corrected chi connectivity index (χ1v) is 14.4. The second-order valence-corrected chi connectivity index (χ2v) is 11.6. The number of nitrogens with one attached hydrogen (secondary N) is 1. The van der Waals surface area contributed by atoms with Crippen LogP contribution in [0.2, 0.25) is 0 Å². The van der Waals surface area contributed by atoms with Crippen LogP contribution in [0.4, 0.5) is 11.6 Å². The number of primary amides is 1. The molecule has 1 fully saturated rings. The van der Waals surface area contributed by atoms with Crippen LogP contribution in [0.25, 0.3) is 11.0 Å². The van der Waals surface area contributed by atoms with E-state index in [1.54, 1.807) is 12.1 Å². The van der Waals surface area contributed by atoms with Crippen LogP contribution < -0.4 is 11.1 Å². The molecule has 8 nitrogen and oxygen atoms in total. The monoisotopic (exact) mass is 532 g/mol.